The molecule has 0 bridgehead atoms. The van der Waals surface area contributed by atoms with E-state index in [0.29, 0.717) is 28.3 Å². The van der Waals surface area contributed by atoms with Crippen molar-refractivity contribution in [2.45, 2.75) is 19.8 Å². The highest BCUT2D eigenvalue weighted by Gasteiger charge is 2.35. The summed E-state index contributed by atoms with van der Waals surface area (Å²) in [5, 5.41) is 9.32. The fourth-order valence-electron chi connectivity index (χ4n) is 2.96. The molecule has 1 aliphatic heterocycles. The number of benzene rings is 2. The van der Waals surface area contributed by atoms with Crippen LogP contribution in [0, 0.1) is 0 Å². The zero-order valence-electron chi connectivity index (χ0n) is 14.8. The van der Waals surface area contributed by atoms with E-state index in [4.69, 9.17) is 16.7 Å². The van der Waals surface area contributed by atoms with Crippen LogP contribution < -0.4 is 15.8 Å². The number of hydrogen-bond donors (Lipinski definition) is 3. The first-order valence-corrected chi connectivity index (χ1v) is 8.96. The van der Waals surface area contributed by atoms with Crippen molar-refractivity contribution in [1.82, 2.24) is 10.9 Å². The molecule has 1 heterocycles. The average molecular weight is 386 g/mol. The van der Waals surface area contributed by atoms with Gasteiger partial charge < -0.3 is 10.5 Å². The van der Waals surface area contributed by atoms with Crippen LogP contribution in [0.2, 0.25) is 5.02 Å². The summed E-state index contributed by atoms with van der Waals surface area (Å²) in [6.45, 7) is 1.67. The van der Waals surface area contributed by atoms with Crippen molar-refractivity contribution in [2.24, 2.45) is 0 Å². The number of para-hydroxylation sites is 1. The maximum atomic E-state index is 13.2. The number of anilines is 2. The summed E-state index contributed by atoms with van der Waals surface area (Å²) in [6, 6.07) is 14.6. The van der Waals surface area contributed by atoms with Crippen LogP contribution in [-0.2, 0) is 9.59 Å². The maximum Gasteiger partial charge on any atom is 0.265 e. The number of fused-ring (bicyclic) bond motifs is 1. The number of hydrogen-bond acceptors (Lipinski definition) is 4. The minimum absolute atomic E-state index is 0.0517. The second-order valence-corrected chi connectivity index (χ2v) is 6.57. The highest BCUT2D eigenvalue weighted by molar-refractivity contribution is 6.37. The lowest BCUT2D eigenvalue weighted by Gasteiger charge is -2.17. The molecule has 0 saturated carbocycles. The standard InChI is InChI=1S/C20H20ClN3O3/c1-13(22-23-18(26)8-5-11-25)19-16-12-14(21)9-10-17(16)24(20(19)27)15-6-3-2-4-7-15/h2-4,6-7,9-10,12,22,25H,5,8,11H2,1H3,(H,23,26)/b19-13-. The number of aliphatic hydroxyl groups is 1. The van der Waals surface area contributed by atoms with E-state index < -0.39 is 0 Å². The SMILES string of the molecule is C/C(NNC(=O)CCCO)=C1/C(=O)N(c2ccccc2)c2ccc(Cl)cc21. The topological polar surface area (TPSA) is 81.7 Å². The molecule has 2 aromatic carbocycles. The molecule has 3 rings (SSSR count). The van der Waals surface area contributed by atoms with Gasteiger partial charge in [-0.1, -0.05) is 29.8 Å². The first-order chi connectivity index (χ1) is 13.0. The summed E-state index contributed by atoms with van der Waals surface area (Å²) < 4.78 is 0. The molecule has 0 fully saturated rings. The molecule has 0 aliphatic carbocycles. The van der Waals surface area contributed by atoms with Gasteiger partial charge in [-0.3, -0.25) is 19.9 Å². The minimum atomic E-state index is -0.263. The Balaban J connectivity index is 1.95. The zero-order chi connectivity index (χ0) is 19.4. The number of carbonyl (C=O) groups excluding carboxylic acids is 2. The number of allylic oxidation sites excluding steroid dienone is 1. The van der Waals surface area contributed by atoms with E-state index in [1.54, 1.807) is 24.0 Å². The molecule has 3 N–H and O–H groups in total. The van der Waals surface area contributed by atoms with E-state index in [1.165, 1.54) is 0 Å². The molecule has 1 aliphatic rings. The molecule has 0 radical (unpaired) electrons. The third-order valence-corrected chi connectivity index (χ3v) is 4.46. The Morgan fingerprint density at radius 1 is 1.15 bits per heavy atom. The van der Waals surface area contributed by atoms with Gasteiger partial charge in [-0.05, 0) is 43.7 Å². The van der Waals surface area contributed by atoms with Crippen molar-refractivity contribution >= 4 is 40.4 Å². The predicted octanol–water partition coefficient (Wildman–Crippen LogP) is 3.14. The van der Waals surface area contributed by atoms with Gasteiger partial charge in [-0.25, -0.2) is 0 Å². The molecule has 0 unspecified atom stereocenters. The second-order valence-electron chi connectivity index (χ2n) is 6.14. The number of amides is 2. The first kappa shape index (κ1) is 18.9. The Hall–Kier alpha value is -2.83. The number of nitrogens with zero attached hydrogens (tertiary/aromatic N) is 1. The molecule has 27 heavy (non-hydrogen) atoms. The van der Waals surface area contributed by atoms with Gasteiger partial charge in [-0.2, -0.15) is 0 Å². The molecule has 0 saturated heterocycles. The predicted molar refractivity (Wildman–Crippen MR) is 105 cm³/mol. The van der Waals surface area contributed by atoms with Crippen LogP contribution in [0.25, 0.3) is 5.57 Å². The van der Waals surface area contributed by atoms with Gasteiger partial charge in [0, 0.05) is 35.0 Å². The van der Waals surface area contributed by atoms with Crippen LogP contribution in [0.5, 0.6) is 0 Å². The van der Waals surface area contributed by atoms with Crippen molar-refractivity contribution in [3.05, 3.63) is 64.8 Å². The van der Waals surface area contributed by atoms with Gasteiger partial charge in [0.25, 0.3) is 5.91 Å². The fourth-order valence-corrected chi connectivity index (χ4v) is 3.14. The summed E-state index contributed by atoms with van der Waals surface area (Å²) in [6.07, 6.45) is 0.570. The van der Waals surface area contributed by atoms with Gasteiger partial charge >= 0.3 is 0 Å². The number of hydrazine groups is 1. The lowest BCUT2D eigenvalue weighted by molar-refractivity contribution is -0.122. The zero-order valence-corrected chi connectivity index (χ0v) is 15.6. The lowest BCUT2D eigenvalue weighted by atomic mass is 10.1. The van der Waals surface area contributed by atoms with Crippen LogP contribution >= 0.6 is 11.6 Å². The molecule has 6 nitrogen and oxygen atoms in total. The van der Waals surface area contributed by atoms with E-state index in [2.05, 4.69) is 10.9 Å². The van der Waals surface area contributed by atoms with Crippen molar-refractivity contribution in [3.63, 3.8) is 0 Å². The second kappa shape index (κ2) is 8.24. The third-order valence-electron chi connectivity index (χ3n) is 4.23. The van der Waals surface area contributed by atoms with Crippen LogP contribution in [0.3, 0.4) is 0 Å². The smallest absolute Gasteiger partial charge is 0.265 e. The van der Waals surface area contributed by atoms with E-state index in [-0.39, 0.29) is 24.8 Å². The van der Waals surface area contributed by atoms with Gasteiger partial charge in [0.15, 0.2) is 0 Å². The molecular weight excluding hydrogens is 366 g/mol. The Labute approximate surface area is 162 Å². The molecule has 7 heteroatoms. The first-order valence-electron chi connectivity index (χ1n) is 8.59. The van der Waals surface area contributed by atoms with Crippen molar-refractivity contribution in [3.8, 4) is 0 Å². The van der Waals surface area contributed by atoms with E-state index in [1.807, 2.05) is 36.4 Å². The summed E-state index contributed by atoms with van der Waals surface area (Å²) >= 11 is 6.15. The fraction of sp³-hybridized carbons (Fsp3) is 0.200. The molecule has 2 amide bonds. The van der Waals surface area contributed by atoms with E-state index in [9.17, 15) is 9.59 Å². The van der Waals surface area contributed by atoms with Crippen LogP contribution in [-0.4, -0.2) is 23.5 Å². The Bertz CT molecular complexity index is 897. The normalized spacial score (nSPS) is 14.8. The molecule has 0 atom stereocenters. The van der Waals surface area contributed by atoms with Crippen molar-refractivity contribution in [2.75, 3.05) is 11.5 Å². The monoisotopic (exact) mass is 385 g/mol. The number of aliphatic hydroxyl groups excluding tert-OH is 1. The van der Waals surface area contributed by atoms with Gasteiger partial charge in [0.05, 0.1) is 11.3 Å². The van der Waals surface area contributed by atoms with Crippen LogP contribution in [0.15, 0.2) is 54.2 Å². The number of carbonyl (C=O) groups is 2. The van der Waals surface area contributed by atoms with Crippen molar-refractivity contribution in [1.29, 1.82) is 0 Å². The molecule has 0 aromatic heterocycles. The summed E-state index contributed by atoms with van der Waals surface area (Å²) in [7, 11) is 0. The minimum Gasteiger partial charge on any atom is -0.396 e. The molecule has 0 spiro atoms. The number of halogens is 1. The number of rotatable bonds is 6. The largest absolute Gasteiger partial charge is 0.396 e. The maximum absolute atomic E-state index is 13.2. The van der Waals surface area contributed by atoms with Crippen LogP contribution in [0.1, 0.15) is 25.3 Å². The molecule has 2 aromatic rings. The Kier molecular flexibility index (Phi) is 5.78. The summed E-state index contributed by atoms with van der Waals surface area (Å²) in [4.78, 5) is 26.6. The van der Waals surface area contributed by atoms with Crippen molar-refractivity contribution < 1.29 is 14.7 Å². The van der Waals surface area contributed by atoms with E-state index in [0.717, 1.165) is 11.4 Å². The van der Waals surface area contributed by atoms with Crippen LogP contribution in [0.4, 0.5) is 11.4 Å². The molecular formula is C20H20ClN3O3. The van der Waals surface area contributed by atoms with E-state index >= 15 is 0 Å². The number of nitrogens with one attached hydrogen (secondary N) is 2. The van der Waals surface area contributed by atoms with Gasteiger partial charge in [-0.15, -0.1) is 0 Å². The summed E-state index contributed by atoms with van der Waals surface area (Å²) in [5.41, 5.74) is 8.50. The highest BCUT2D eigenvalue weighted by atomic mass is 35.5. The van der Waals surface area contributed by atoms with Gasteiger partial charge in [0.2, 0.25) is 5.91 Å². The average Bonchev–Trinajstić information content (AvgIpc) is 2.96. The quantitative estimate of drug-likeness (QED) is 0.527. The Morgan fingerprint density at radius 3 is 2.59 bits per heavy atom. The van der Waals surface area contributed by atoms with Gasteiger partial charge in [0.1, 0.15) is 0 Å². The lowest BCUT2D eigenvalue weighted by Crippen LogP contribution is -2.37. The molecule has 140 valence electrons. The highest BCUT2D eigenvalue weighted by Crippen LogP contribution is 2.43. The summed E-state index contributed by atoms with van der Waals surface area (Å²) in [5.74, 6) is -0.464. The third kappa shape index (κ3) is 3.97. The Morgan fingerprint density at radius 2 is 1.89 bits per heavy atom.